The number of carbonyl (C=O) groups excluding carboxylic acids is 2. The summed E-state index contributed by atoms with van der Waals surface area (Å²) in [6, 6.07) is 16.9. The number of hydrogen-bond donors (Lipinski definition) is 1. The lowest BCUT2D eigenvalue weighted by Crippen LogP contribution is -2.23. The summed E-state index contributed by atoms with van der Waals surface area (Å²) < 4.78 is 6.73. The van der Waals surface area contributed by atoms with Crippen LogP contribution in [-0.4, -0.2) is 33.2 Å². The van der Waals surface area contributed by atoms with Gasteiger partial charge in [-0.25, -0.2) is 14.5 Å². The van der Waals surface area contributed by atoms with E-state index < -0.39 is 18.5 Å². The number of benzene rings is 2. The molecule has 4 rings (SSSR count). The van der Waals surface area contributed by atoms with Crippen LogP contribution in [0.15, 0.2) is 66.2 Å². The lowest BCUT2D eigenvalue weighted by atomic mass is 10.2. The molecule has 0 saturated carbocycles. The predicted molar refractivity (Wildman–Crippen MR) is 124 cm³/mol. The van der Waals surface area contributed by atoms with Crippen LogP contribution < -0.4 is 5.32 Å². The lowest BCUT2D eigenvalue weighted by Gasteiger charge is -2.10. The summed E-state index contributed by atoms with van der Waals surface area (Å²) in [4.78, 5) is 28.9. The molecule has 0 atom stereocenters. The summed E-state index contributed by atoms with van der Waals surface area (Å²) in [5, 5.41) is 9.85. The van der Waals surface area contributed by atoms with Gasteiger partial charge >= 0.3 is 5.97 Å². The van der Waals surface area contributed by atoms with Crippen molar-refractivity contribution in [2.24, 2.45) is 0 Å². The smallest absolute Gasteiger partial charge is 0.358 e. The first-order valence-corrected chi connectivity index (χ1v) is 11.0. The maximum atomic E-state index is 12.3. The number of carbonyl (C=O) groups is 2. The highest BCUT2D eigenvalue weighted by Gasteiger charge is 2.16. The largest absolute Gasteiger partial charge is 0.451 e. The van der Waals surface area contributed by atoms with Crippen molar-refractivity contribution in [1.29, 1.82) is 0 Å². The molecule has 4 aromatic rings. The summed E-state index contributed by atoms with van der Waals surface area (Å²) in [5.41, 5.74) is 3.10. The van der Waals surface area contributed by atoms with E-state index in [9.17, 15) is 9.59 Å². The molecule has 1 N–H and O–H groups in total. The fraction of sp³-hybridized carbons (Fsp3) is 0.130. The Hall–Kier alpha value is -3.49. The van der Waals surface area contributed by atoms with E-state index in [0.717, 1.165) is 16.7 Å². The van der Waals surface area contributed by atoms with Gasteiger partial charge in [-0.3, -0.25) is 4.79 Å². The number of hydrogen-bond acceptors (Lipinski definition) is 6. The Kier molecular flexibility index (Phi) is 6.63. The molecule has 0 saturated heterocycles. The lowest BCUT2D eigenvalue weighted by molar-refractivity contribution is -0.119. The number of aryl methyl sites for hydroxylation is 1. The van der Waals surface area contributed by atoms with Crippen molar-refractivity contribution in [3.8, 4) is 10.6 Å². The van der Waals surface area contributed by atoms with E-state index in [0.29, 0.717) is 22.4 Å². The Morgan fingerprint density at radius 3 is 2.69 bits per heavy atom. The van der Waals surface area contributed by atoms with Crippen LogP contribution in [0, 0.1) is 6.92 Å². The normalized spacial score (nSPS) is 10.7. The van der Waals surface area contributed by atoms with E-state index in [4.69, 9.17) is 16.3 Å². The summed E-state index contributed by atoms with van der Waals surface area (Å²) >= 11 is 7.54. The minimum atomic E-state index is -0.653. The first-order chi connectivity index (χ1) is 15.5. The fourth-order valence-corrected chi connectivity index (χ4v) is 3.92. The Morgan fingerprint density at radius 2 is 1.91 bits per heavy atom. The number of nitrogens with one attached hydrogen (secondary N) is 1. The minimum Gasteiger partial charge on any atom is -0.451 e. The third-order valence-corrected chi connectivity index (χ3v) is 5.87. The highest BCUT2D eigenvalue weighted by molar-refractivity contribution is 7.13. The number of ether oxygens (including phenoxy) is 1. The van der Waals surface area contributed by atoms with Crippen LogP contribution in [0.25, 0.3) is 10.6 Å². The molecule has 1 amide bonds. The second kappa shape index (κ2) is 9.76. The molecule has 0 aliphatic rings. The Balaban J connectivity index is 1.33. The maximum Gasteiger partial charge on any atom is 0.358 e. The SMILES string of the molecule is Cc1ccc(-c2nc(C(=O)OCC(=O)Nc3ccnn3Cc3ccccc3Cl)cs2)cc1. The standard InChI is InChI=1S/C23H19ClN4O3S/c1-15-6-8-16(9-7-15)22-26-19(14-32-22)23(30)31-13-21(29)27-20-10-11-25-28(20)12-17-4-2-3-5-18(17)24/h2-11,14H,12-13H2,1H3,(H,27,29). The van der Waals surface area contributed by atoms with Crippen LogP contribution in [0.5, 0.6) is 0 Å². The van der Waals surface area contributed by atoms with Gasteiger partial charge in [-0.05, 0) is 18.6 Å². The molecule has 2 aromatic carbocycles. The number of esters is 1. The Bertz CT molecular complexity index is 1250. The van der Waals surface area contributed by atoms with Crippen LogP contribution in [0.2, 0.25) is 5.02 Å². The van der Waals surface area contributed by atoms with Gasteiger partial charge in [0.15, 0.2) is 12.3 Å². The zero-order valence-electron chi connectivity index (χ0n) is 17.1. The number of halogens is 1. The zero-order valence-corrected chi connectivity index (χ0v) is 18.7. The number of rotatable bonds is 7. The van der Waals surface area contributed by atoms with Gasteiger partial charge in [0.2, 0.25) is 0 Å². The molecule has 0 spiro atoms. The molecule has 0 radical (unpaired) electrons. The van der Waals surface area contributed by atoms with Gasteiger partial charge in [-0.2, -0.15) is 5.10 Å². The van der Waals surface area contributed by atoms with Gasteiger partial charge in [0.25, 0.3) is 5.91 Å². The van der Waals surface area contributed by atoms with Gasteiger partial charge in [-0.1, -0.05) is 59.6 Å². The first-order valence-electron chi connectivity index (χ1n) is 9.74. The summed E-state index contributed by atoms with van der Waals surface area (Å²) in [7, 11) is 0. The van der Waals surface area contributed by atoms with Crippen LogP contribution >= 0.6 is 22.9 Å². The molecule has 0 aliphatic heterocycles. The van der Waals surface area contributed by atoms with E-state index in [1.165, 1.54) is 11.3 Å². The van der Waals surface area contributed by atoms with Crippen molar-refractivity contribution in [3.63, 3.8) is 0 Å². The molecule has 0 unspecified atom stereocenters. The van der Waals surface area contributed by atoms with Gasteiger partial charge < -0.3 is 10.1 Å². The number of nitrogens with zero attached hydrogens (tertiary/aromatic N) is 3. The molecule has 0 bridgehead atoms. The average molecular weight is 467 g/mol. The van der Waals surface area contributed by atoms with Crippen LogP contribution in [-0.2, 0) is 16.1 Å². The van der Waals surface area contributed by atoms with Crippen molar-refractivity contribution in [2.75, 3.05) is 11.9 Å². The predicted octanol–water partition coefficient (Wildman–Crippen LogP) is 4.81. The minimum absolute atomic E-state index is 0.169. The number of thiazole rings is 1. The van der Waals surface area contributed by atoms with Gasteiger partial charge in [0.1, 0.15) is 10.8 Å². The molecular weight excluding hydrogens is 448 g/mol. The molecule has 2 aromatic heterocycles. The molecule has 7 nitrogen and oxygen atoms in total. The van der Waals surface area contributed by atoms with E-state index in [-0.39, 0.29) is 5.69 Å². The topological polar surface area (TPSA) is 86.1 Å². The van der Waals surface area contributed by atoms with Crippen molar-refractivity contribution < 1.29 is 14.3 Å². The molecular formula is C23H19ClN4O3S. The van der Waals surface area contributed by atoms with Gasteiger partial charge in [0, 0.05) is 22.0 Å². The highest BCUT2D eigenvalue weighted by Crippen LogP contribution is 2.24. The fourth-order valence-electron chi connectivity index (χ4n) is 2.93. The van der Waals surface area contributed by atoms with Crippen LogP contribution in [0.4, 0.5) is 5.82 Å². The molecule has 0 fully saturated rings. The highest BCUT2D eigenvalue weighted by atomic mass is 35.5. The van der Waals surface area contributed by atoms with E-state index in [1.54, 1.807) is 28.4 Å². The first kappa shape index (κ1) is 21.7. The quantitative estimate of drug-likeness (QED) is 0.395. The Morgan fingerprint density at radius 1 is 1.12 bits per heavy atom. The monoisotopic (exact) mass is 466 g/mol. The summed E-state index contributed by atoms with van der Waals surface area (Å²) in [6.45, 7) is 1.96. The zero-order chi connectivity index (χ0) is 22.5. The molecule has 162 valence electrons. The molecule has 9 heteroatoms. The van der Waals surface area contributed by atoms with Crippen LogP contribution in [0.1, 0.15) is 21.6 Å². The van der Waals surface area contributed by atoms with E-state index in [2.05, 4.69) is 15.4 Å². The van der Waals surface area contributed by atoms with Crippen molar-refractivity contribution in [2.45, 2.75) is 13.5 Å². The number of aromatic nitrogens is 3. The average Bonchev–Trinajstić information content (AvgIpc) is 3.44. The van der Waals surface area contributed by atoms with E-state index >= 15 is 0 Å². The number of amides is 1. The summed E-state index contributed by atoms with van der Waals surface area (Å²) in [5.74, 6) is -0.658. The molecule has 0 aliphatic carbocycles. The van der Waals surface area contributed by atoms with Gasteiger partial charge in [-0.15, -0.1) is 11.3 Å². The molecule has 2 heterocycles. The number of anilines is 1. The van der Waals surface area contributed by atoms with E-state index in [1.807, 2.05) is 49.4 Å². The third-order valence-electron chi connectivity index (χ3n) is 4.61. The second-order valence-electron chi connectivity index (χ2n) is 6.99. The maximum absolute atomic E-state index is 12.3. The summed E-state index contributed by atoms with van der Waals surface area (Å²) in [6.07, 6.45) is 1.57. The van der Waals surface area contributed by atoms with Crippen LogP contribution in [0.3, 0.4) is 0 Å². The van der Waals surface area contributed by atoms with Crippen molar-refractivity contribution >= 4 is 40.6 Å². The second-order valence-corrected chi connectivity index (χ2v) is 8.26. The third kappa shape index (κ3) is 5.22. The van der Waals surface area contributed by atoms with Crippen molar-refractivity contribution in [3.05, 3.63) is 88.0 Å². The molecule has 32 heavy (non-hydrogen) atoms. The van der Waals surface area contributed by atoms with Crippen molar-refractivity contribution in [1.82, 2.24) is 14.8 Å². The van der Waals surface area contributed by atoms with Gasteiger partial charge in [0.05, 0.1) is 12.7 Å². The Labute approximate surface area is 193 Å².